The maximum absolute atomic E-state index is 13.7. The van der Waals surface area contributed by atoms with Gasteiger partial charge in [0.15, 0.2) is 0 Å². The zero-order valence-electron chi connectivity index (χ0n) is 13.4. The van der Waals surface area contributed by atoms with Crippen LogP contribution < -0.4 is 16.4 Å². The Hall–Kier alpha value is -3.26. The third kappa shape index (κ3) is 3.86. The summed E-state index contributed by atoms with van der Waals surface area (Å²) in [5, 5.41) is 5.47. The van der Waals surface area contributed by atoms with Crippen LogP contribution in [-0.4, -0.2) is 24.3 Å². The zero-order valence-corrected chi connectivity index (χ0v) is 14.2. The smallest absolute Gasteiger partial charge is 0.265 e. The SMILES string of the molecule is NC(=O)CNC(=O)c1ccc(NC(=O)c2cc3c(F)cccc3s2)cc1. The fourth-order valence-electron chi connectivity index (χ4n) is 2.30. The average Bonchev–Trinajstić information content (AvgIpc) is 3.06. The van der Waals surface area contributed by atoms with Crippen molar-refractivity contribution in [3.8, 4) is 0 Å². The fourth-order valence-corrected chi connectivity index (χ4v) is 3.27. The minimum absolute atomic E-state index is 0.250. The lowest BCUT2D eigenvalue weighted by Crippen LogP contribution is -2.33. The molecular formula is C18H14FN3O3S. The van der Waals surface area contributed by atoms with Gasteiger partial charge >= 0.3 is 0 Å². The number of nitrogens with one attached hydrogen (secondary N) is 2. The number of primary amides is 1. The van der Waals surface area contributed by atoms with E-state index in [1.165, 1.54) is 35.6 Å². The van der Waals surface area contributed by atoms with E-state index >= 15 is 0 Å². The molecule has 3 rings (SSSR count). The molecule has 2 aromatic carbocycles. The third-order valence-electron chi connectivity index (χ3n) is 3.56. The van der Waals surface area contributed by atoms with Gasteiger partial charge in [0.2, 0.25) is 5.91 Å². The number of carbonyl (C=O) groups excluding carboxylic acids is 3. The average molecular weight is 371 g/mol. The van der Waals surface area contributed by atoms with E-state index < -0.39 is 11.8 Å². The summed E-state index contributed by atoms with van der Waals surface area (Å²) in [6.07, 6.45) is 0. The highest BCUT2D eigenvalue weighted by Crippen LogP contribution is 2.28. The molecule has 0 fully saturated rings. The molecule has 0 spiro atoms. The van der Waals surface area contributed by atoms with Gasteiger partial charge in [0.05, 0.1) is 11.4 Å². The Labute approximate surface area is 151 Å². The van der Waals surface area contributed by atoms with Crippen LogP contribution in [0.25, 0.3) is 10.1 Å². The molecule has 0 saturated heterocycles. The second-order valence-corrected chi connectivity index (χ2v) is 6.53. The van der Waals surface area contributed by atoms with Crippen LogP contribution in [0.4, 0.5) is 10.1 Å². The standard InChI is InChI=1S/C18H14FN3O3S/c19-13-2-1-3-14-12(13)8-15(26-14)18(25)22-11-6-4-10(5-7-11)17(24)21-9-16(20)23/h1-8H,9H2,(H2,20,23)(H,21,24)(H,22,25). The molecule has 6 nitrogen and oxygen atoms in total. The summed E-state index contributed by atoms with van der Waals surface area (Å²) in [7, 11) is 0. The first-order chi connectivity index (χ1) is 12.4. The summed E-state index contributed by atoms with van der Waals surface area (Å²) in [6.45, 7) is -0.250. The molecule has 0 atom stereocenters. The quantitative estimate of drug-likeness (QED) is 0.642. The largest absolute Gasteiger partial charge is 0.368 e. The van der Waals surface area contributed by atoms with E-state index in [-0.39, 0.29) is 18.3 Å². The van der Waals surface area contributed by atoms with Gasteiger partial charge in [-0.15, -0.1) is 11.3 Å². The first-order valence-corrected chi connectivity index (χ1v) is 8.41. The molecule has 0 saturated carbocycles. The Kier molecular flexibility index (Phi) is 4.94. The summed E-state index contributed by atoms with van der Waals surface area (Å²) >= 11 is 1.20. The van der Waals surface area contributed by atoms with Crippen molar-refractivity contribution in [2.24, 2.45) is 5.73 Å². The second kappa shape index (κ2) is 7.32. The van der Waals surface area contributed by atoms with Crippen LogP contribution >= 0.6 is 11.3 Å². The van der Waals surface area contributed by atoms with E-state index in [1.807, 2.05) is 0 Å². The minimum atomic E-state index is -0.637. The molecule has 0 aliphatic rings. The molecule has 3 amide bonds. The van der Waals surface area contributed by atoms with Crippen molar-refractivity contribution in [3.05, 3.63) is 64.8 Å². The Morgan fingerprint density at radius 1 is 1.04 bits per heavy atom. The summed E-state index contributed by atoms with van der Waals surface area (Å²) in [5.74, 6) is -1.82. The van der Waals surface area contributed by atoms with Crippen molar-refractivity contribution in [1.29, 1.82) is 0 Å². The molecule has 0 aliphatic heterocycles. The maximum atomic E-state index is 13.7. The number of amides is 3. The van der Waals surface area contributed by atoms with Crippen molar-refractivity contribution in [1.82, 2.24) is 5.32 Å². The van der Waals surface area contributed by atoms with Crippen molar-refractivity contribution in [2.75, 3.05) is 11.9 Å². The summed E-state index contributed by atoms with van der Waals surface area (Å²) in [6, 6.07) is 12.3. The lowest BCUT2D eigenvalue weighted by Gasteiger charge is -2.06. The molecule has 3 aromatic rings. The number of rotatable bonds is 5. The van der Waals surface area contributed by atoms with Crippen molar-refractivity contribution >= 4 is 44.8 Å². The van der Waals surface area contributed by atoms with Gasteiger partial charge < -0.3 is 16.4 Å². The van der Waals surface area contributed by atoms with Gasteiger partial charge in [0.1, 0.15) is 5.82 Å². The van der Waals surface area contributed by atoms with Gasteiger partial charge in [0.25, 0.3) is 11.8 Å². The normalized spacial score (nSPS) is 10.5. The van der Waals surface area contributed by atoms with Gasteiger partial charge in [-0.3, -0.25) is 14.4 Å². The van der Waals surface area contributed by atoms with Crippen LogP contribution in [0.3, 0.4) is 0 Å². The minimum Gasteiger partial charge on any atom is -0.368 e. The summed E-state index contributed by atoms with van der Waals surface area (Å²) in [5.41, 5.74) is 5.78. The van der Waals surface area contributed by atoms with Crippen LogP contribution in [0, 0.1) is 5.82 Å². The van der Waals surface area contributed by atoms with E-state index in [0.29, 0.717) is 26.2 Å². The number of benzene rings is 2. The van der Waals surface area contributed by atoms with Crippen LogP contribution in [-0.2, 0) is 4.79 Å². The molecular weight excluding hydrogens is 357 g/mol. The topological polar surface area (TPSA) is 101 Å². The number of fused-ring (bicyclic) bond motifs is 1. The van der Waals surface area contributed by atoms with Gasteiger partial charge in [-0.05, 0) is 42.5 Å². The highest BCUT2D eigenvalue weighted by molar-refractivity contribution is 7.20. The Morgan fingerprint density at radius 3 is 2.42 bits per heavy atom. The molecule has 26 heavy (non-hydrogen) atoms. The predicted molar refractivity (Wildman–Crippen MR) is 97.7 cm³/mol. The molecule has 0 aliphatic carbocycles. The van der Waals surface area contributed by atoms with Crippen LogP contribution in [0.15, 0.2) is 48.5 Å². The highest BCUT2D eigenvalue weighted by atomic mass is 32.1. The van der Waals surface area contributed by atoms with E-state index in [1.54, 1.807) is 24.3 Å². The van der Waals surface area contributed by atoms with Crippen molar-refractivity contribution in [2.45, 2.75) is 0 Å². The molecule has 0 radical (unpaired) electrons. The van der Waals surface area contributed by atoms with Gasteiger partial charge in [-0.2, -0.15) is 0 Å². The first kappa shape index (κ1) is 17.6. The molecule has 1 heterocycles. The number of thiophene rings is 1. The number of hydrogen-bond donors (Lipinski definition) is 3. The van der Waals surface area contributed by atoms with E-state index in [9.17, 15) is 18.8 Å². The molecule has 0 bridgehead atoms. The maximum Gasteiger partial charge on any atom is 0.265 e. The molecule has 8 heteroatoms. The van der Waals surface area contributed by atoms with Crippen molar-refractivity contribution in [3.63, 3.8) is 0 Å². The Balaban J connectivity index is 1.70. The van der Waals surface area contributed by atoms with Gasteiger partial charge in [-0.1, -0.05) is 6.07 Å². The second-order valence-electron chi connectivity index (χ2n) is 5.44. The van der Waals surface area contributed by atoms with Crippen LogP contribution in [0.5, 0.6) is 0 Å². The van der Waals surface area contributed by atoms with E-state index in [2.05, 4.69) is 10.6 Å². The number of halogens is 1. The summed E-state index contributed by atoms with van der Waals surface area (Å²) in [4.78, 5) is 35.2. The van der Waals surface area contributed by atoms with Crippen LogP contribution in [0.1, 0.15) is 20.0 Å². The lowest BCUT2D eigenvalue weighted by molar-refractivity contribution is -0.117. The lowest BCUT2D eigenvalue weighted by atomic mass is 10.2. The molecule has 4 N–H and O–H groups in total. The fraction of sp³-hybridized carbons (Fsp3) is 0.0556. The first-order valence-electron chi connectivity index (χ1n) is 7.60. The third-order valence-corrected chi connectivity index (χ3v) is 4.66. The number of anilines is 1. The monoisotopic (exact) mass is 371 g/mol. The zero-order chi connectivity index (χ0) is 18.7. The van der Waals surface area contributed by atoms with Crippen LogP contribution in [0.2, 0.25) is 0 Å². The van der Waals surface area contributed by atoms with Gasteiger partial charge in [-0.25, -0.2) is 4.39 Å². The number of hydrogen-bond acceptors (Lipinski definition) is 4. The Morgan fingerprint density at radius 2 is 1.77 bits per heavy atom. The molecule has 132 valence electrons. The highest BCUT2D eigenvalue weighted by Gasteiger charge is 2.13. The van der Waals surface area contributed by atoms with Gasteiger partial charge in [0, 0.05) is 21.3 Å². The molecule has 0 unspecified atom stereocenters. The predicted octanol–water partition coefficient (Wildman–Crippen LogP) is 2.51. The summed E-state index contributed by atoms with van der Waals surface area (Å²) < 4.78 is 14.4. The Bertz CT molecular complexity index is 999. The van der Waals surface area contributed by atoms with E-state index in [0.717, 1.165) is 0 Å². The number of carbonyl (C=O) groups is 3. The van der Waals surface area contributed by atoms with E-state index in [4.69, 9.17) is 5.73 Å². The molecule has 1 aromatic heterocycles. The number of nitrogens with two attached hydrogens (primary N) is 1. The van der Waals surface area contributed by atoms with Crippen molar-refractivity contribution < 1.29 is 18.8 Å².